The van der Waals surface area contributed by atoms with Crippen LogP contribution in [-0.2, 0) is 4.74 Å². The lowest BCUT2D eigenvalue weighted by molar-refractivity contribution is 0.0299. The summed E-state index contributed by atoms with van der Waals surface area (Å²) in [6.07, 6.45) is 2.50. The van der Waals surface area contributed by atoms with Gasteiger partial charge in [0, 0.05) is 11.6 Å². The summed E-state index contributed by atoms with van der Waals surface area (Å²) in [5, 5.41) is 0. The van der Waals surface area contributed by atoms with Crippen molar-refractivity contribution in [3.8, 4) is 5.75 Å². The van der Waals surface area contributed by atoms with Crippen molar-refractivity contribution in [2.75, 3.05) is 13.7 Å². The van der Waals surface area contributed by atoms with E-state index < -0.39 is 0 Å². The molecule has 1 aliphatic carbocycles. The molecule has 94 valence electrons. The Morgan fingerprint density at radius 1 is 1.35 bits per heavy atom. The van der Waals surface area contributed by atoms with E-state index in [2.05, 4.69) is 0 Å². The third-order valence-electron chi connectivity index (χ3n) is 3.13. The fourth-order valence-electron chi connectivity index (χ4n) is 1.95. The molecule has 1 aromatic rings. The van der Waals surface area contributed by atoms with Crippen molar-refractivity contribution in [3.63, 3.8) is 0 Å². The highest BCUT2D eigenvalue weighted by Gasteiger charge is 2.26. The summed E-state index contributed by atoms with van der Waals surface area (Å²) in [5.74, 6) is 1.59. The topological polar surface area (TPSA) is 44.5 Å². The molecular weight excluding hydrogens is 214 g/mol. The Balaban J connectivity index is 2.12. The van der Waals surface area contributed by atoms with Gasteiger partial charge < -0.3 is 15.2 Å². The van der Waals surface area contributed by atoms with Gasteiger partial charge in [-0.1, -0.05) is 18.2 Å². The van der Waals surface area contributed by atoms with Gasteiger partial charge in [0.1, 0.15) is 11.9 Å². The van der Waals surface area contributed by atoms with Crippen LogP contribution < -0.4 is 10.5 Å². The largest absolute Gasteiger partial charge is 0.496 e. The van der Waals surface area contributed by atoms with Gasteiger partial charge >= 0.3 is 0 Å². The minimum atomic E-state index is -0.0771. The van der Waals surface area contributed by atoms with Crippen LogP contribution in [0.4, 0.5) is 0 Å². The zero-order chi connectivity index (χ0) is 12.3. The van der Waals surface area contributed by atoms with Gasteiger partial charge in [-0.3, -0.25) is 0 Å². The van der Waals surface area contributed by atoms with Crippen LogP contribution in [-0.4, -0.2) is 19.8 Å². The first-order chi connectivity index (χ1) is 8.22. The molecule has 1 fully saturated rings. The van der Waals surface area contributed by atoms with Crippen LogP contribution in [0.2, 0.25) is 0 Å². The summed E-state index contributed by atoms with van der Waals surface area (Å²) < 4.78 is 11.3. The molecule has 2 atom stereocenters. The van der Waals surface area contributed by atoms with E-state index in [0.29, 0.717) is 0 Å². The van der Waals surface area contributed by atoms with Crippen molar-refractivity contribution in [1.82, 2.24) is 0 Å². The molecular formula is C14H21NO2. The van der Waals surface area contributed by atoms with Crippen molar-refractivity contribution >= 4 is 0 Å². The van der Waals surface area contributed by atoms with E-state index in [1.54, 1.807) is 7.11 Å². The summed E-state index contributed by atoms with van der Waals surface area (Å²) in [7, 11) is 1.68. The number of methoxy groups -OCH3 is 1. The monoisotopic (exact) mass is 235 g/mol. The second kappa shape index (κ2) is 5.52. The van der Waals surface area contributed by atoms with Crippen LogP contribution in [0.3, 0.4) is 0 Å². The third-order valence-corrected chi connectivity index (χ3v) is 3.13. The molecule has 0 saturated heterocycles. The Hall–Kier alpha value is -1.06. The first kappa shape index (κ1) is 12.4. The Labute approximate surface area is 103 Å². The molecule has 1 saturated carbocycles. The summed E-state index contributed by atoms with van der Waals surface area (Å²) >= 11 is 0. The van der Waals surface area contributed by atoms with Gasteiger partial charge in [0.25, 0.3) is 0 Å². The van der Waals surface area contributed by atoms with E-state index in [4.69, 9.17) is 15.2 Å². The van der Waals surface area contributed by atoms with Crippen LogP contribution in [0, 0.1) is 5.92 Å². The Bertz CT molecular complexity index is 361. The molecule has 0 aromatic heterocycles. The van der Waals surface area contributed by atoms with E-state index in [1.165, 1.54) is 12.8 Å². The van der Waals surface area contributed by atoms with Crippen molar-refractivity contribution < 1.29 is 9.47 Å². The molecule has 1 aromatic carbocycles. The number of benzene rings is 1. The van der Waals surface area contributed by atoms with Crippen LogP contribution in [0.5, 0.6) is 5.75 Å². The van der Waals surface area contributed by atoms with Gasteiger partial charge in [-0.2, -0.15) is 0 Å². The molecule has 2 N–H and O–H groups in total. The lowest BCUT2D eigenvalue weighted by Crippen LogP contribution is -2.28. The normalized spacial score (nSPS) is 18.8. The molecule has 3 heteroatoms. The molecule has 2 rings (SSSR count). The van der Waals surface area contributed by atoms with Crippen molar-refractivity contribution in [2.45, 2.75) is 31.9 Å². The number of para-hydroxylation sites is 1. The fraction of sp³-hybridized carbons (Fsp3) is 0.571. The number of hydrogen-bond acceptors (Lipinski definition) is 3. The number of nitrogens with two attached hydrogens (primary N) is 1. The van der Waals surface area contributed by atoms with Crippen molar-refractivity contribution in [3.05, 3.63) is 29.8 Å². The maximum Gasteiger partial charge on any atom is 0.124 e. The lowest BCUT2D eigenvalue weighted by atomic mass is 10.0. The van der Waals surface area contributed by atoms with E-state index in [0.717, 1.165) is 23.8 Å². The van der Waals surface area contributed by atoms with Gasteiger partial charge in [0.15, 0.2) is 0 Å². The molecule has 2 unspecified atom stereocenters. The van der Waals surface area contributed by atoms with Crippen molar-refractivity contribution in [1.29, 1.82) is 0 Å². The van der Waals surface area contributed by atoms with E-state index in [9.17, 15) is 0 Å². The number of ether oxygens (including phenoxy) is 2. The number of hydrogen-bond donors (Lipinski definition) is 1. The van der Waals surface area contributed by atoms with Gasteiger partial charge in [-0.15, -0.1) is 0 Å². The Kier molecular flexibility index (Phi) is 4.02. The molecule has 0 bridgehead atoms. The zero-order valence-corrected chi connectivity index (χ0v) is 10.6. The summed E-state index contributed by atoms with van der Waals surface area (Å²) in [5.41, 5.74) is 7.07. The molecule has 0 aliphatic heterocycles. The molecule has 0 spiro atoms. The predicted octanol–water partition coefficient (Wildman–Crippen LogP) is 2.51. The maximum atomic E-state index is 6.02. The minimum absolute atomic E-state index is 0.0370. The lowest BCUT2D eigenvalue weighted by Gasteiger charge is -2.23. The molecule has 17 heavy (non-hydrogen) atoms. The first-order valence-electron chi connectivity index (χ1n) is 6.22. The van der Waals surface area contributed by atoms with Crippen LogP contribution in [0.1, 0.15) is 31.4 Å². The standard InChI is InChI=1S/C14H21NO2/c1-10(15)14(17-9-11-7-8-11)12-5-3-4-6-13(12)16-2/h3-6,10-11,14H,7-9,15H2,1-2H3. The first-order valence-corrected chi connectivity index (χ1v) is 6.22. The van der Waals surface area contributed by atoms with Crippen molar-refractivity contribution in [2.24, 2.45) is 11.7 Å². The highest BCUT2D eigenvalue weighted by molar-refractivity contribution is 5.35. The fourth-order valence-corrected chi connectivity index (χ4v) is 1.95. The van der Waals surface area contributed by atoms with E-state index in [1.807, 2.05) is 31.2 Å². The maximum absolute atomic E-state index is 6.02. The molecule has 0 amide bonds. The summed E-state index contributed by atoms with van der Waals surface area (Å²) in [6, 6.07) is 7.89. The van der Waals surface area contributed by atoms with Gasteiger partial charge in [0.05, 0.1) is 13.7 Å². The van der Waals surface area contributed by atoms with E-state index in [-0.39, 0.29) is 12.1 Å². The van der Waals surface area contributed by atoms with E-state index >= 15 is 0 Å². The summed E-state index contributed by atoms with van der Waals surface area (Å²) in [6.45, 7) is 2.79. The van der Waals surface area contributed by atoms with Crippen LogP contribution >= 0.6 is 0 Å². The van der Waals surface area contributed by atoms with Gasteiger partial charge in [-0.05, 0) is 31.7 Å². The second-order valence-corrected chi connectivity index (χ2v) is 4.80. The minimum Gasteiger partial charge on any atom is -0.496 e. The van der Waals surface area contributed by atoms with Gasteiger partial charge in [-0.25, -0.2) is 0 Å². The smallest absolute Gasteiger partial charge is 0.124 e. The molecule has 0 heterocycles. The highest BCUT2D eigenvalue weighted by Crippen LogP contribution is 2.34. The Morgan fingerprint density at radius 3 is 2.65 bits per heavy atom. The average molecular weight is 235 g/mol. The SMILES string of the molecule is COc1ccccc1C(OCC1CC1)C(C)N. The average Bonchev–Trinajstić information content (AvgIpc) is 3.13. The quantitative estimate of drug-likeness (QED) is 0.824. The highest BCUT2D eigenvalue weighted by atomic mass is 16.5. The zero-order valence-electron chi connectivity index (χ0n) is 10.6. The predicted molar refractivity (Wildman–Crippen MR) is 68.1 cm³/mol. The molecule has 3 nitrogen and oxygen atoms in total. The Morgan fingerprint density at radius 2 is 2.06 bits per heavy atom. The summed E-state index contributed by atoms with van der Waals surface area (Å²) in [4.78, 5) is 0. The molecule has 1 aliphatic rings. The van der Waals surface area contributed by atoms with Crippen LogP contribution in [0.15, 0.2) is 24.3 Å². The van der Waals surface area contributed by atoms with Gasteiger partial charge in [0.2, 0.25) is 0 Å². The third kappa shape index (κ3) is 3.20. The van der Waals surface area contributed by atoms with Crippen LogP contribution in [0.25, 0.3) is 0 Å². The molecule has 0 radical (unpaired) electrons. The second-order valence-electron chi connectivity index (χ2n) is 4.80. The number of rotatable bonds is 6.